The predicted octanol–water partition coefficient (Wildman–Crippen LogP) is 2.95. The summed E-state index contributed by atoms with van der Waals surface area (Å²) in [5.74, 6) is -0.828. The molecule has 0 amide bonds. The Labute approximate surface area is 97.2 Å². The van der Waals surface area contributed by atoms with Crippen molar-refractivity contribution in [2.75, 3.05) is 7.11 Å². The van der Waals surface area contributed by atoms with Crippen LogP contribution in [0.15, 0.2) is 16.6 Å². The molecule has 0 heterocycles. The van der Waals surface area contributed by atoms with E-state index in [9.17, 15) is 4.79 Å². The summed E-state index contributed by atoms with van der Waals surface area (Å²) >= 11 is 3.39. The lowest BCUT2D eigenvalue weighted by Crippen LogP contribution is -2.09. The molecule has 1 aromatic carbocycles. The first-order chi connectivity index (χ1) is 6.99. The van der Waals surface area contributed by atoms with Gasteiger partial charge in [0, 0.05) is 5.56 Å². The average Bonchev–Trinajstić information content (AvgIpc) is 2.20. The maximum absolute atomic E-state index is 10.9. The number of benzene rings is 1. The topological polar surface area (TPSA) is 46.5 Å². The normalized spacial score (nSPS) is 12.3. The third-order valence-electron chi connectivity index (χ3n) is 2.36. The molecule has 4 heteroatoms. The second-order valence-corrected chi connectivity index (χ2v) is 4.17. The van der Waals surface area contributed by atoms with Gasteiger partial charge in [-0.1, -0.05) is 12.1 Å². The van der Waals surface area contributed by atoms with Gasteiger partial charge < -0.3 is 9.84 Å². The van der Waals surface area contributed by atoms with E-state index in [2.05, 4.69) is 15.9 Å². The number of rotatable bonds is 3. The molecule has 15 heavy (non-hydrogen) atoms. The number of carboxylic acids is 1. The number of ether oxygens (including phenoxy) is 1. The van der Waals surface area contributed by atoms with Crippen molar-refractivity contribution >= 4 is 21.9 Å². The monoisotopic (exact) mass is 272 g/mol. The first-order valence-corrected chi connectivity index (χ1v) is 5.34. The van der Waals surface area contributed by atoms with Crippen molar-refractivity contribution < 1.29 is 14.6 Å². The van der Waals surface area contributed by atoms with E-state index < -0.39 is 11.9 Å². The van der Waals surface area contributed by atoms with Crippen molar-refractivity contribution in [2.24, 2.45) is 0 Å². The molecule has 0 saturated heterocycles. The lowest BCUT2D eigenvalue weighted by Gasteiger charge is -2.14. The van der Waals surface area contributed by atoms with Gasteiger partial charge in [0.15, 0.2) is 0 Å². The maximum atomic E-state index is 10.9. The maximum Gasteiger partial charge on any atom is 0.310 e. The zero-order chi connectivity index (χ0) is 11.6. The standard InChI is InChI=1S/C11H13BrO3/c1-6-4-5-8(7(2)11(13)14)10(15-3)9(6)12/h4-5,7H,1-3H3,(H,13,14). The van der Waals surface area contributed by atoms with Gasteiger partial charge in [-0.25, -0.2) is 0 Å². The van der Waals surface area contributed by atoms with Gasteiger partial charge in [0.2, 0.25) is 0 Å². The number of hydrogen-bond donors (Lipinski definition) is 1. The molecule has 1 N–H and O–H groups in total. The highest BCUT2D eigenvalue weighted by atomic mass is 79.9. The van der Waals surface area contributed by atoms with Crippen LogP contribution in [0, 0.1) is 6.92 Å². The molecular formula is C11H13BrO3. The van der Waals surface area contributed by atoms with Crippen LogP contribution in [0.5, 0.6) is 5.75 Å². The molecule has 0 radical (unpaired) electrons. The molecule has 0 aliphatic carbocycles. The van der Waals surface area contributed by atoms with Gasteiger partial charge >= 0.3 is 5.97 Å². The number of aliphatic carboxylic acids is 1. The Kier molecular flexibility index (Phi) is 3.74. The third kappa shape index (κ3) is 2.31. The first kappa shape index (κ1) is 12.0. The van der Waals surface area contributed by atoms with Gasteiger partial charge in [-0.05, 0) is 35.3 Å². The second-order valence-electron chi connectivity index (χ2n) is 3.38. The molecule has 0 aromatic heterocycles. The molecule has 3 nitrogen and oxygen atoms in total. The van der Waals surface area contributed by atoms with Crippen LogP contribution in [0.1, 0.15) is 24.0 Å². The number of aryl methyl sites for hydroxylation is 1. The van der Waals surface area contributed by atoms with Crippen LogP contribution in [0.4, 0.5) is 0 Å². The molecular weight excluding hydrogens is 260 g/mol. The lowest BCUT2D eigenvalue weighted by atomic mass is 9.99. The fourth-order valence-electron chi connectivity index (χ4n) is 1.35. The number of halogens is 1. The van der Waals surface area contributed by atoms with Gasteiger partial charge in [0.25, 0.3) is 0 Å². The molecule has 0 fully saturated rings. The van der Waals surface area contributed by atoms with Crippen molar-refractivity contribution in [3.8, 4) is 5.75 Å². The number of hydrogen-bond acceptors (Lipinski definition) is 2. The SMILES string of the molecule is COc1c(C(C)C(=O)O)ccc(C)c1Br. The molecule has 0 aliphatic heterocycles. The van der Waals surface area contributed by atoms with E-state index >= 15 is 0 Å². The predicted molar refractivity (Wildman–Crippen MR) is 61.5 cm³/mol. The Morgan fingerprint density at radius 3 is 2.60 bits per heavy atom. The van der Waals surface area contributed by atoms with Gasteiger partial charge in [-0.3, -0.25) is 4.79 Å². The van der Waals surface area contributed by atoms with Gasteiger partial charge in [0.1, 0.15) is 5.75 Å². The highest BCUT2D eigenvalue weighted by Gasteiger charge is 2.20. The van der Waals surface area contributed by atoms with Crippen molar-refractivity contribution in [1.29, 1.82) is 0 Å². The van der Waals surface area contributed by atoms with Gasteiger partial charge in [0.05, 0.1) is 17.5 Å². The average molecular weight is 273 g/mol. The Morgan fingerprint density at radius 1 is 1.53 bits per heavy atom. The molecule has 0 bridgehead atoms. The fourth-order valence-corrected chi connectivity index (χ4v) is 1.87. The Bertz CT molecular complexity index is 388. The summed E-state index contributed by atoms with van der Waals surface area (Å²) in [5.41, 5.74) is 1.70. The summed E-state index contributed by atoms with van der Waals surface area (Å²) in [5, 5.41) is 8.94. The quantitative estimate of drug-likeness (QED) is 0.920. The van der Waals surface area contributed by atoms with E-state index in [1.165, 1.54) is 7.11 Å². The molecule has 1 aromatic rings. The molecule has 1 unspecified atom stereocenters. The van der Waals surface area contributed by atoms with Crippen LogP contribution < -0.4 is 4.74 Å². The molecule has 0 spiro atoms. The van der Waals surface area contributed by atoms with Crippen LogP contribution in [-0.2, 0) is 4.79 Å². The minimum absolute atomic E-state index is 0.572. The molecule has 1 atom stereocenters. The van der Waals surface area contributed by atoms with Crippen molar-refractivity contribution in [3.63, 3.8) is 0 Å². The van der Waals surface area contributed by atoms with Crippen molar-refractivity contribution in [1.82, 2.24) is 0 Å². The van der Waals surface area contributed by atoms with Crippen LogP contribution in [0.2, 0.25) is 0 Å². The van der Waals surface area contributed by atoms with Crippen LogP contribution in [0.25, 0.3) is 0 Å². The Morgan fingerprint density at radius 2 is 2.13 bits per heavy atom. The van der Waals surface area contributed by atoms with Crippen LogP contribution in [-0.4, -0.2) is 18.2 Å². The fraction of sp³-hybridized carbons (Fsp3) is 0.364. The number of methoxy groups -OCH3 is 1. The summed E-state index contributed by atoms with van der Waals surface area (Å²) in [6, 6.07) is 3.67. The van der Waals surface area contributed by atoms with Gasteiger partial charge in [-0.15, -0.1) is 0 Å². The Hall–Kier alpha value is -1.03. The van der Waals surface area contributed by atoms with Crippen molar-refractivity contribution in [2.45, 2.75) is 19.8 Å². The summed E-state index contributed by atoms with van der Waals surface area (Å²) in [7, 11) is 1.54. The van der Waals surface area contributed by atoms with Crippen LogP contribution >= 0.6 is 15.9 Å². The minimum atomic E-state index is -0.857. The molecule has 0 saturated carbocycles. The zero-order valence-electron chi connectivity index (χ0n) is 8.87. The first-order valence-electron chi connectivity index (χ1n) is 4.54. The Balaban J connectivity index is 3.30. The minimum Gasteiger partial charge on any atom is -0.495 e. The number of carbonyl (C=O) groups is 1. The highest BCUT2D eigenvalue weighted by Crippen LogP contribution is 2.36. The summed E-state index contributed by atoms with van der Waals surface area (Å²) in [4.78, 5) is 10.9. The van der Waals surface area contributed by atoms with E-state index in [-0.39, 0.29) is 0 Å². The van der Waals surface area contributed by atoms with E-state index in [4.69, 9.17) is 9.84 Å². The van der Waals surface area contributed by atoms with E-state index in [0.29, 0.717) is 11.3 Å². The largest absolute Gasteiger partial charge is 0.495 e. The smallest absolute Gasteiger partial charge is 0.310 e. The molecule has 1 rings (SSSR count). The van der Waals surface area contributed by atoms with Crippen molar-refractivity contribution in [3.05, 3.63) is 27.7 Å². The van der Waals surface area contributed by atoms with E-state index in [1.54, 1.807) is 13.0 Å². The summed E-state index contributed by atoms with van der Waals surface area (Å²) in [6.45, 7) is 3.57. The highest BCUT2D eigenvalue weighted by molar-refractivity contribution is 9.10. The summed E-state index contributed by atoms with van der Waals surface area (Å²) in [6.07, 6.45) is 0. The van der Waals surface area contributed by atoms with Crippen LogP contribution in [0.3, 0.4) is 0 Å². The molecule has 0 aliphatic rings. The second kappa shape index (κ2) is 4.66. The van der Waals surface area contributed by atoms with E-state index in [0.717, 1.165) is 10.0 Å². The van der Waals surface area contributed by atoms with Gasteiger partial charge in [-0.2, -0.15) is 0 Å². The summed E-state index contributed by atoms with van der Waals surface area (Å²) < 4.78 is 6.03. The molecule has 82 valence electrons. The third-order valence-corrected chi connectivity index (χ3v) is 3.35. The number of carboxylic acid groups (broad SMARTS) is 1. The van der Waals surface area contributed by atoms with E-state index in [1.807, 2.05) is 13.0 Å². The lowest BCUT2D eigenvalue weighted by molar-refractivity contribution is -0.138. The zero-order valence-corrected chi connectivity index (χ0v) is 10.5.